The molecule has 96 valence electrons. The van der Waals surface area contributed by atoms with E-state index in [0.717, 1.165) is 0 Å². The standard InChI is InChI=1S/C10H14N6O2/c1-6(2)16-14-8(13-15-16)7-9(17-3)11-5-12-10(7)18-4/h5-6H,1-4H3. The van der Waals surface area contributed by atoms with Crippen molar-refractivity contribution in [2.24, 2.45) is 0 Å². The molecule has 0 aromatic carbocycles. The maximum atomic E-state index is 5.16. The molecular formula is C10H14N6O2. The Balaban J connectivity index is 2.54. The van der Waals surface area contributed by atoms with Crippen LogP contribution in [0, 0.1) is 0 Å². The van der Waals surface area contributed by atoms with E-state index >= 15 is 0 Å². The van der Waals surface area contributed by atoms with E-state index in [1.165, 1.54) is 25.3 Å². The van der Waals surface area contributed by atoms with Crippen molar-refractivity contribution < 1.29 is 9.47 Å². The molecule has 0 saturated carbocycles. The van der Waals surface area contributed by atoms with Crippen LogP contribution in [0.15, 0.2) is 6.33 Å². The third-order valence-corrected chi connectivity index (χ3v) is 2.28. The van der Waals surface area contributed by atoms with Crippen molar-refractivity contribution in [2.45, 2.75) is 19.9 Å². The molecule has 2 rings (SSSR count). The highest BCUT2D eigenvalue weighted by Gasteiger charge is 2.20. The number of tetrazole rings is 1. The number of ether oxygens (including phenoxy) is 2. The molecule has 2 aromatic heterocycles. The Morgan fingerprint density at radius 3 is 2.17 bits per heavy atom. The van der Waals surface area contributed by atoms with Crippen LogP contribution >= 0.6 is 0 Å². The normalized spacial score (nSPS) is 10.7. The maximum Gasteiger partial charge on any atom is 0.231 e. The molecule has 2 heterocycles. The van der Waals surface area contributed by atoms with Gasteiger partial charge in [-0.05, 0) is 19.1 Å². The van der Waals surface area contributed by atoms with Gasteiger partial charge in [0, 0.05) is 0 Å². The molecule has 0 aliphatic rings. The summed E-state index contributed by atoms with van der Waals surface area (Å²) >= 11 is 0. The SMILES string of the molecule is COc1ncnc(OC)c1-c1nnn(C(C)C)n1. The first-order valence-electron chi connectivity index (χ1n) is 5.40. The summed E-state index contributed by atoms with van der Waals surface area (Å²) in [5, 5.41) is 12.2. The number of hydrogen-bond donors (Lipinski definition) is 0. The number of rotatable bonds is 4. The van der Waals surface area contributed by atoms with Gasteiger partial charge in [-0.25, -0.2) is 9.97 Å². The van der Waals surface area contributed by atoms with E-state index in [9.17, 15) is 0 Å². The zero-order chi connectivity index (χ0) is 13.1. The van der Waals surface area contributed by atoms with Gasteiger partial charge in [-0.3, -0.25) is 0 Å². The summed E-state index contributed by atoms with van der Waals surface area (Å²) in [7, 11) is 3.02. The van der Waals surface area contributed by atoms with Crippen LogP contribution in [0.2, 0.25) is 0 Å². The minimum absolute atomic E-state index is 0.118. The summed E-state index contributed by atoms with van der Waals surface area (Å²) in [6.07, 6.45) is 1.36. The van der Waals surface area contributed by atoms with E-state index in [0.29, 0.717) is 23.1 Å². The van der Waals surface area contributed by atoms with Crippen LogP contribution in [-0.2, 0) is 0 Å². The highest BCUT2D eigenvalue weighted by atomic mass is 16.5. The molecule has 0 bridgehead atoms. The molecule has 8 heteroatoms. The lowest BCUT2D eigenvalue weighted by molar-refractivity contribution is 0.374. The summed E-state index contributed by atoms with van der Waals surface area (Å²) < 4.78 is 10.3. The Kier molecular flexibility index (Phi) is 3.35. The maximum absolute atomic E-state index is 5.16. The predicted molar refractivity (Wildman–Crippen MR) is 62.3 cm³/mol. The fourth-order valence-electron chi connectivity index (χ4n) is 1.40. The van der Waals surface area contributed by atoms with Crippen molar-refractivity contribution >= 4 is 0 Å². The first-order valence-corrected chi connectivity index (χ1v) is 5.40. The van der Waals surface area contributed by atoms with E-state index in [4.69, 9.17) is 9.47 Å². The van der Waals surface area contributed by atoms with Crippen LogP contribution in [0.4, 0.5) is 0 Å². The largest absolute Gasteiger partial charge is 0.480 e. The minimum Gasteiger partial charge on any atom is -0.480 e. The number of hydrogen-bond acceptors (Lipinski definition) is 7. The average molecular weight is 250 g/mol. The van der Waals surface area contributed by atoms with Crippen LogP contribution in [0.25, 0.3) is 11.4 Å². The van der Waals surface area contributed by atoms with Gasteiger partial charge in [0.15, 0.2) is 0 Å². The van der Waals surface area contributed by atoms with Gasteiger partial charge in [0.25, 0.3) is 0 Å². The first kappa shape index (κ1) is 12.2. The topological polar surface area (TPSA) is 87.8 Å². The first-order chi connectivity index (χ1) is 8.67. The second-order valence-corrected chi connectivity index (χ2v) is 3.79. The van der Waals surface area contributed by atoms with Crippen LogP contribution < -0.4 is 9.47 Å². The second-order valence-electron chi connectivity index (χ2n) is 3.79. The molecule has 8 nitrogen and oxygen atoms in total. The monoisotopic (exact) mass is 250 g/mol. The van der Waals surface area contributed by atoms with E-state index in [1.54, 1.807) is 0 Å². The molecule has 0 aliphatic carbocycles. The quantitative estimate of drug-likeness (QED) is 0.790. The van der Waals surface area contributed by atoms with Crippen LogP contribution in [-0.4, -0.2) is 44.4 Å². The van der Waals surface area contributed by atoms with E-state index < -0.39 is 0 Å². The van der Waals surface area contributed by atoms with Crippen molar-refractivity contribution in [3.8, 4) is 23.1 Å². The van der Waals surface area contributed by atoms with Gasteiger partial charge in [0.2, 0.25) is 17.6 Å². The third kappa shape index (κ3) is 2.08. The number of methoxy groups -OCH3 is 2. The van der Waals surface area contributed by atoms with Gasteiger partial charge in [-0.15, -0.1) is 10.2 Å². The fourth-order valence-corrected chi connectivity index (χ4v) is 1.40. The fraction of sp³-hybridized carbons (Fsp3) is 0.500. The number of nitrogens with zero attached hydrogens (tertiary/aromatic N) is 6. The van der Waals surface area contributed by atoms with Crippen molar-refractivity contribution in [2.75, 3.05) is 14.2 Å². The van der Waals surface area contributed by atoms with E-state index in [1.807, 2.05) is 13.8 Å². The van der Waals surface area contributed by atoms with E-state index in [-0.39, 0.29) is 6.04 Å². The average Bonchev–Trinajstić information content (AvgIpc) is 2.87. The van der Waals surface area contributed by atoms with Crippen molar-refractivity contribution in [3.63, 3.8) is 0 Å². The van der Waals surface area contributed by atoms with E-state index in [2.05, 4.69) is 25.4 Å². The Labute approximate surface area is 104 Å². The zero-order valence-electron chi connectivity index (χ0n) is 10.7. The molecule has 0 amide bonds. The van der Waals surface area contributed by atoms with Crippen LogP contribution in [0.5, 0.6) is 11.8 Å². The molecule has 0 fully saturated rings. The second kappa shape index (κ2) is 4.94. The molecule has 0 atom stereocenters. The van der Waals surface area contributed by atoms with Crippen LogP contribution in [0.1, 0.15) is 19.9 Å². The van der Waals surface area contributed by atoms with Crippen molar-refractivity contribution in [1.29, 1.82) is 0 Å². The lowest BCUT2D eigenvalue weighted by atomic mass is 10.3. The summed E-state index contributed by atoms with van der Waals surface area (Å²) in [5.74, 6) is 1.08. The van der Waals surface area contributed by atoms with Gasteiger partial charge >= 0.3 is 0 Å². The smallest absolute Gasteiger partial charge is 0.231 e. The molecule has 0 aliphatic heterocycles. The minimum atomic E-state index is 0.118. The Morgan fingerprint density at radius 1 is 1.11 bits per heavy atom. The van der Waals surface area contributed by atoms with Gasteiger partial charge < -0.3 is 9.47 Å². The van der Waals surface area contributed by atoms with Crippen LogP contribution in [0.3, 0.4) is 0 Å². The predicted octanol–water partition coefficient (Wildman–Crippen LogP) is 0.728. The highest BCUT2D eigenvalue weighted by molar-refractivity contribution is 5.66. The molecule has 18 heavy (non-hydrogen) atoms. The van der Waals surface area contributed by atoms with Crippen molar-refractivity contribution in [3.05, 3.63) is 6.33 Å². The molecule has 0 saturated heterocycles. The van der Waals surface area contributed by atoms with Crippen molar-refractivity contribution in [1.82, 2.24) is 30.2 Å². The summed E-state index contributed by atoms with van der Waals surface area (Å²) in [5.41, 5.74) is 0.495. The van der Waals surface area contributed by atoms with Gasteiger partial charge in [-0.2, -0.15) is 4.80 Å². The van der Waals surface area contributed by atoms with Gasteiger partial charge in [-0.1, -0.05) is 0 Å². The Hall–Kier alpha value is -2.25. The molecule has 0 unspecified atom stereocenters. The Morgan fingerprint density at radius 2 is 1.72 bits per heavy atom. The zero-order valence-corrected chi connectivity index (χ0v) is 10.7. The molecular weight excluding hydrogens is 236 g/mol. The molecule has 0 N–H and O–H groups in total. The summed E-state index contributed by atoms with van der Waals surface area (Å²) in [6.45, 7) is 3.92. The highest BCUT2D eigenvalue weighted by Crippen LogP contribution is 2.32. The Bertz CT molecular complexity index is 517. The molecule has 0 spiro atoms. The van der Waals surface area contributed by atoms with Gasteiger partial charge in [0.1, 0.15) is 11.9 Å². The lowest BCUT2D eigenvalue weighted by Gasteiger charge is -2.07. The molecule has 0 radical (unpaired) electrons. The lowest BCUT2D eigenvalue weighted by Crippen LogP contribution is -2.05. The third-order valence-electron chi connectivity index (χ3n) is 2.28. The summed E-state index contributed by atoms with van der Waals surface area (Å²) in [4.78, 5) is 9.51. The van der Waals surface area contributed by atoms with Gasteiger partial charge in [0.05, 0.1) is 20.3 Å². The number of aromatic nitrogens is 6. The summed E-state index contributed by atoms with van der Waals surface area (Å²) in [6, 6.07) is 0.118. The molecule has 2 aromatic rings.